The topological polar surface area (TPSA) is 145 Å². The van der Waals surface area contributed by atoms with Gasteiger partial charge in [0.15, 0.2) is 0 Å². The molecule has 2 aliphatic rings. The maximum atomic E-state index is 13.6. The van der Waals surface area contributed by atoms with E-state index in [1.807, 2.05) is 12.1 Å². The largest absolute Gasteiger partial charge is 0.467 e. The highest BCUT2D eigenvalue weighted by atomic mass is 16.6. The Morgan fingerprint density at radius 1 is 1.06 bits per heavy atom. The van der Waals surface area contributed by atoms with Gasteiger partial charge in [-0.15, -0.1) is 0 Å². The van der Waals surface area contributed by atoms with Crippen molar-refractivity contribution in [2.24, 2.45) is 11.0 Å². The van der Waals surface area contributed by atoms with Crippen LogP contribution >= 0.6 is 0 Å². The van der Waals surface area contributed by atoms with E-state index < -0.39 is 33.2 Å². The summed E-state index contributed by atoms with van der Waals surface area (Å²) in [4.78, 5) is 34.7. The summed E-state index contributed by atoms with van der Waals surface area (Å²) in [6.45, 7) is 0. The standard InChI is InChI=1S/C23H18N4O7/c28-23(15-10-16(26(29)30)13-17(11-15)27(31)32)25-22(20-7-3-9-34-20)19-6-1-4-14(21(19)24-25)12-18-5-2-8-33-18/h2-3,5,7-13,19,22H,1,4,6H2/b14-12+/t19-,22+/m1/s1. The molecule has 0 saturated heterocycles. The van der Waals surface area contributed by atoms with E-state index in [1.54, 1.807) is 24.5 Å². The second-order valence-electron chi connectivity index (χ2n) is 8.03. The normalized spacial score (nSPS) is 20.8. The molecule has 3 aromatic rings. The Morgan fingerprint density at radius 3 is 2.38 bits per heavy atom. The van der Waals surface area contributed by atoms with Crippen LogP contribution in [0.5, 0.6) is 0 Å². The summed E-state index contributed by atoms with van der Waals surface area (Å²) in [5.41, 5.74) is 0.335. The first-order chi connectivity index (χ1) is 16.4. The van der Waals surface area contributed by atoms with Crippen LogP contribution in [0.4, 0.5) is 11.4 Å². The van der Waals surface area contributed by atoms with Crippen LogP contribution in [0.1, 0.15) is 47.2 Å². The Bertz CT molecular complexity index is 1290. The third-order valence-corrected chi connectivity index (χ3v) is 5.98. The minimum absolute atomic E-state index is 0.168. The van der Waals surface area contributed by atoms with Crippen molar-refractivity contribution in [3.63, 3.8) is 0 Å². The fourth-order valence-corrected chi connectivity index (χ4v) is 4.51. The molecule has 1 saturated carbocycles. The van der Waals surface area contributed by atoms with E-state index in [9.17, 15) is 25.0 Å². The Kier molecular flexibility index (Phi) is 5.28. The number of non-ortho nitro benzene ring substituents is 2. The number of hydrogen-bond donors (Lipinski definition) is 0. The van der Waals surface area contributed by atoms with Crippen LogP contribution < -0.4 is 0 Å². The van der Waals surface area contributed by atoms with E-state index in [0.717, 1.165) is 43.0 Å². The molecule has 34 heavy (non-hydrogen) atoms. The summed E-state index contributed by atoms with van der Waals surface area (Å²) >= 11 is 0. The lowest BCUT2D eigenvalue weighted by Crippen LogP contribution is -2.31. The molecule has 1 fully saturated rings. The van der Waals surface area contributed by atoms with Crippen LogP contribution in [0.15, 0.2) is 74.5 Å². The molecule has 1 aromatic carbocycles. The molecule has 0 unspecified atom stereocenters. The van der Waals surface area contributed by atoms with E-state index in [0.29, 0.717) is 17.2 Å². The number of hydrogen-bond acceptors (Lipinski definition) is 8. The zero-order valence-corrected chi connectivity index (χ0v) is 17.7. The number of rotatable bonds is 5. The smallest absolute Gasteiger partial charge is 0.277 e. The van der Waals surface area contributed by atoms with Crippen LogP contribution in [0.3, 0.4) is 0 Å². The number of allylic oxidation sites excluding steroid dienone is 1. The van der Waals surface area contributed by atoms with Crippen LogP contribution in [0.25, 0.3) is 6.08 Å². The summed E-state index contributed by atoms with van der Waals surface area (Å²) in [7, 11) is 0. The lowest BCUT2D eigenvalue weighted by molar-refractivity contribution is -0.394. The first-order valence-corrected chi connectivity index (χ1v) is 10.6. The number of carbonyl (C=O) groups excluding carboxylic acids is 1. The molecule has 2 atom stereocenters. The highest BCUT2D eigenvalue weighted by Gasteiger charge is 2.45. The van der Waals surface area contributed by atoms with E-state index in [2.05, 4.69) is 5.10 Å². The van der Waals surface area contributed by atoms with Gasteiger partial charge < -0.3 is 8.83 Å². The van der Waals surface area contributed by atoms with Gasteiger partial charge in [0.1, 0.15) is 17.6 Å². The number of nitro groups is 2. The average molecular weight is 462 g/mol. The van der Waals surface area contributed by atoms with Gasteiger partial charge in [0.25, 0.3) is 17.3 Å². The van der Waals surface area contributed by atoms with Crippen molar-refractivity contribution in [2.45, 2.75) is 25.3 Å². The summed E-state index contributed by atoms with van der Waals surface area (Å²) in [6.07, 6.45) is 7.30. The number of benzene rings is 1. The Morgan fingerprint density at radius 2 is 1.76 bits per heavy atom. The highest BCUT2D eigenvalue weighted by molar-refractivity contribution is 6.09. The zero-order valence-electron chi connectivity index (χ0n) is 17.7. The van der Waals surface area contributed by atoms with Gasteiger partial charge in [0, 0.05) is 18.1 Å². The first-order valence-electron chi connectivity index (χ1n) is 10.6. The summed E-state index contributed by atoms with van der Waals surface area (Å²) in [6, 6.07) is 9.32. The third kappa shape index (κ3) is 3.76. The zero-order chi connectivity index (χ0) is 23.8. The summed E-state index contributed by atoms with van der Waals surface area (Å²) in [5, 5.41) is 28.5. The molecule has 11 heteroatoms. The van der Waals surface area contributed by atoms with E-state index in [4.69, 9.17) is 8.83 Å². The van der Waals surface area contributed by atoms with Crippen molar-refractivity contribution in [3.8, 4) is 0 Å². The van der Waals surface area contributed by atoms with Gasteiger partial charge in [-0.2, -0.15) is 5.10 Å². The lowest BCUT2D eigenvalue weighted by Gasteiger charge is -2.27. The van der Waals surface area contributed by atoms with Crippen LogP contribution in [0, 0.1) is 26.1 Å². The number of carbonyl (C=O) groups is 1. The monoisotopic (exact) mass is 462 g/mol. The molecule has 0 N–H and O–H groups in total. The van der Waals surface area contributed by atoms with Crippen molar-refractivity contribution < 1.29 is 23.5 Å². The van der Waals surface area contributed by atoms with Gasteiger partial charge in [-0.3, -0.25) is 25.0 Å². The number of fused-ring (bicyclic) bond motifs is 1. The molecule has 3 heterocycles. The molecule has 0 bridgehead atoms. The number of nitro benzene ring substituents is 2. The number of nitrogens with zero attached hydrogens (tertiary/aromatic N) is 4. The third-order valence-electron chi connectivity index (χ3n) is 5.98. The van der Waals surface area contributed by atoms with E-state index >= 15 is 0 Å². The van der Waals surface area contributed by atoms with E-state index in [-0.39, 0.29) is 11.5 Å². The number of furan rings is 2. The van der Waals surface area contributed by atoms with Crippen LogP contribution in [-0.4, -0.2) is 26.5 Å². The minimum atomic E-state index is -0.770. The molecule has 172 valence electrons. The second kappa shape index (κ2) is 8.43. The fraction of sp³-hybridized carbons (Fsp3) is 0.217. The van der Waals surface area contributed by atoms with Crippen molar-refractivity contribution in [1.82, 2.24) is 5.01 Å². The van der Waals surface area contributed by atoms with Crippen LogP contribution in [0.2, 0.25) is 0 Å². The Hall–Kier alpha value is -4.54. The molecule has 0 radical (unpaired) electrons. The minimum Gasteiger partial charge on any atom is -0.467 e. The predicted molar refractivity (Wildman–Crippen MR) is 119 cm³/mol. The van der Waals surface area contributed by atoms with E-state index in [1.165, 1.54) is 11.3 Å². The summed E-state index contributed by atoms with van der Waals surface area (Å²) < 4.78 is 11.1. The van der Waals surface area contributed by atoms with Gasteiger partial charge in [0.2, 0.25) is 0 Å². The van der Waals surface area contributed by atoms with Gasteiger partial charge in [-0.1, -0.05) is 0 Å². The van der Waals surface area contributed by atoms with Crippen molar-refractivity contribution in [2.75, 3.05) is 0 Å². The summed E-state index contributed by atoms with van der Waals surface area (Å²) in [5.74, 6) is 0.314. The van der Waals surface area contributed by atoms with Gasteiger partial charge in [-0.25, -0.2) is 5.01 Å². The van der Waals surface area contributed by atoms with Crippen molar-refractivity contribution in [1.29, 1.82) is 0 Å². The molecule has 11 nitrogen and oxygen atoms in total. The maximum Gasteiger partial charge on any atom is 0.277 e. The predicted octanol–water partition coefficient (Wildman–Crippen LogP) is 5.13. The molecular weight excluding hydrogens is 444 g/mol. The molecule has 1 amide bonds. The molecule has 0 spiro atoms. The Labute approximate surface area is 192 Å². The molecular formula is C23H18N4O7. The number of hydrazone groups is 1. The molecule has 2 aromatic heterocycles. The number of amides is 1. The van der Waals surface area contributed by atoms with Crippen molar-refractivity contribution >= 4 is 29.1 Å². The molecule has 1 aliphatic heterocycles. The lowest BCUT2D eigenvalue weighted by atomic mass is 9.79. The van der Waals surface area contributed by atoms with Gasteiger partial charge >= 0.3 is 0 Å². The highest BCUT2D eigenvalue weighted by Crippen LogP contribution is 2.45. The quantitative estimate of drug-likeness (QED) is 0.377. The van der Waals surface area contributed by atoms with Gasteiger partial charge in [0.05, 0.1) is 39.7 Å². The maximum absolute atomic E-state index is 13.6. The first kappa shape index (κ1) is 21.3. The molecule has 5 rings (SSSR count). The average Bonchev–Trinajstić information content (AvgIpc) is 3.59. The van der Waals surface area contributed by atoms with Crippen molar-refractivity contribution in [3.05, 3.63) is 97.9 Å². The van der Waals surface area contributed by atoms with Crippen LogP contribution in [-0.2, 0) is 0 Å². The second-order valence-corrected chi connectivity index (χ2v) is 8.03. The SMILES string of the molecule is O=C(c1cc([N+](=O)[O-])cc([N+](=O)[O-])c1)N1N=C2/C(=C/c3ccco3)CCC[C@H]2[C@H]1c1ccco1. The fourth-order valence-electron chi connectivity index (χ4n) is 4.51. The van der Waals surface area contributed by atoms with Gasteiger partial charge in [-0.05, 0) is 55.2 Å². The molecule has 1 aliphatic carbocycles. The Balaban J connectivity index is 1.60.